The van der Waals surface area contributed by atoms with E-state index in [1.807, 2.05) is 36.6 Å². The Morgan fingerprint density at radius 1 is 1.41 bits per heavy atom. The molecule has 1 amide bonds. The van der Waals surface area contributed by atoms with Gasteiger partial charge in [0.2, 0.25) is 5.91 Å². The zero-order chi connectivity index (χ0) is 12.5. The van der Waals surface area contributed by atoms with Gasteiger partial charge in [-0.15, -0.1) is 0 Å². The molecule has 4 heteroatoms. The summed E-state index contributed by atoms with van der Waals surface area (Å²) in [6.45, 7) is -0.0279. The van der Waals surface area contributed by atoms with Gasteiger partial charge in [-0.05, 0) is 18.2 Å². The van der Waals surface area contributed by atoms with Gasteiger partial charge < -0.3 is 10.4 Å². The van der Waals surface area contributed by atoms with E-state index >= 15 is 0 Å². The second-order valence-electron chi connectivity index (χ2n) is 3.88. The van der Waals surface area contributed by atoms with Gasteiger partial charge in [-0.25, -0.2) is 0 Å². The van der Waals surface area contributed by atoms with Crippen LogP contribution in [0.1, 0.15) is 12.0 Å². The zero-order valence-electron chi connectivity index (χ0n) is 10.1. The van der Waals surface area contributed by atoms with Crippen molar-refractivity contribution >= 4 is 17.7 Å². The molecular weight excluding hydrogens is 234 g/mol. The Morgan fingerprint density at radius 3 is 2.71 bits per heavy atom. The van der Waals surface area contributed by atoms with E-state index in [1.54, 1.807) is 11.8 Å². The second-order valence-corrected chi connectivity index (χ2v) is 4.87. The number of carbonyl (C=O) groups is 1. The Labute approximate surface area is 107 Å². The molecule has 0 radical (unpaired) electrons. The SMILES string of the molecule is CSCCC(=O)NC(CO)Cc1ccccc1. The van der Waals surface area contributed by atoms with Crippen LogP contribution in [-0.4, -0.2) is 35.7 Å². The van der Waals surface area contributed by atoms with Gasteiger partial charge in [0.25, 0.3) is 0 Å². The molecule has 0 bridgehead atoms. The first kappa shape index (κ1) is 14.1. The van der Waals surface area contributed by atoms with E-state index in [0.29, 0.717) is 12.8 Å². The van der Waals surface area contributed by atoms with Gasteiger partial charge in [-0.2, -0.15) is 11.8 Å². The lowest BCUT2D eigenvalue weighted by atomic mass is 10.1. The minimum Gasteiger partial charge on any atom is -0.394 e. The second kappa shape index (κ2) is 8.14. The summed E-state index contributed by atoms with van der Waals surface area (Å²) in [5.41, 5.74) is 1.12. The minimum atomic E-state index is -0.188. The highest BCUT2D eigenvalue weighted by atomic mass is 32.2. The molecule has 0 fully saturated rings. The number of hydrogen-bond acceptors (Lipinski definition) is 3. The monoisotopic (exact) mass is 253 g/mol. The van der Waals surface area contributed by atoms with Crippen molar-refractivity contribution < 1.29 is 9.90 Å². The third-order valence-electron chi connectivity index (χ3n) is 2.44. The van der Waals surface area contributed by atoms with Crippen LogP contribution in [0.15, 0.2) is 30.3 Å². The van der Waals surface area contributed by atoms with Crippen molar-refractivity contribution in [1.82, 2.24) is 5.32 Å². The lowest BCUT2D eigenvalue weighted by molar-refractivity contribution is -0.121. The molecule has 1 unspecified atom stereocenters. The standard InChI is InChI=1S/C13H19NO2S/c1-17-8-7-13(16)14-12(10-15)9-11-5-3-2-4-6-11/h2-6,12,15H,7-10H2,1H3,(H,14,16). The molecule has 17 heavy (non-hydrogen) atoms. The van der Waals surface area contributed by atoms with Gasteiger partial charge >= 0.3 is 0 Å². The van der Waals surface area contributed by atoms with E-state index in [9.17, 15) is 9.90 Å². The van der Waals surface area contributed by atoms with E-state index in [-0.39, 0.29) is 18.6 Å². The Bertz CT molecular complexity index is 329. The molecule has 1 rings (SSSR count). The molecule has 0 aromatic heterocycles. The maximum absolute atomic E-state index is 11.5. The molecule has 1 aromatic carbocycles. The van der Waals surface area contributed by atoms with E-state index in [0.717, 1.165) is 11.3 Å². The predicted octanol–water partition coefficient (Wildman–Crippen LogP) is 1.46. The molecular formula is C13H19NO2S. The lowest BCUT2D eigenvalue weighted by Gasteiger charge is -2.16. The summed E-state index contributed by atoms with van der Waals surface area (Å²) < 4.78 is 0. The fourth-order valence-electron chi connectivity index (χ4n) is 1.55. The highest BCUT2D eigenvalue weighted by Gasteiger charge is 2.11. The number of nitrogens with one attached hydrogen (secondary N) is 1. The highest BCUT2D eigenvalue weighted by Crippen LogP contribution is 2.03. The van der Waals surface area contributed by atoms with Gasteiger partial charge in [0.15, 0.2) is 0 Å². The number of rotatable bonds is 7. The summed E-state index contributed by atoms with van der Waals surface area (Å²) >= 11 is 1.65. The molecule has 1 aromatic rings. The van der Waals surface area contributed by atoms with E-state index in [4.69, 9.17) is 0 Å². The maximum Gasteiger partial charge on any atom is 0.221 e. The zero-order valence-corrected chi connectivity index (χ0v) is 10.9. The van der Waals surface area contributed by atoms with Gasteiger partial charge in [0, 0.05) is 12.2 Å². The topological polar surface area (TPSA) is 49.3 Å². The summed E-state index contributed by atoms with van der Waals surface area (Å²) in [5, 5.41) is 12.1. The van der Waals surface area contributed by atoms with Crippen LogP contribution in [-0.2, 0) is 11.2 Å². The third kappa shape index (κ3) is 5.75. The fourth-order valence-corrected chi connectivity index (χ4v) is 1.94. The maximum atomic E-state index is 11.5. The summed E-state index contributed by atoms with van der Waals surface area (Å²) in [6, 6.07) is 9.67. The first-order valence-electron chi connectivity index (χ1n) is 5.69. The van der Waals surface area contributed by atoms with E-state index in [1.165, 1.54) is 0 Å². The van der Waals surface area contributed by atoms with Crippen LogP contribution in [0.4, 0.5) is 0 Å². The molecule has 0 heterocycles. The predicted molar refractivity (Wildman–Crippen MR) is 72.2 cm³/mol. The third-order valence-corrected chi connectivity index (χ3v) is 3.06. The number of amides is 1. The quantitative estimate of drug-likeness (QED) is 0.773. The number of aliphatic hydroxyl groups is 1. The van der Waals surface area contributed by atoms with E-state index in [2.05, 4.69) is 5.32 Å². The van der Waals surface area contributed by atoms with Crippen molar-refractivity contribution in [1.29, 1.82) is 0 Å². The van der Waals surface area contributed by atoms with Crippen molar-refractivity contribution in [3.63, 3.8) is 0 Å². The average molecular weight is 253 g/mol. The van der Waals surface area contributed by atoms with Crippen LogP contribution in [0.5, 0.6) is 0 Å². The van der Waals surface area contributed by atoms with E-state index < -0.39 is 0 Å². The molecule has 0 aliphatic carbocycles. The van der Waals surface area contributed by atoms with Crippen LogP contribution in [0, 0.1) is 0 Å². The first-order chi connectivity index (χ1) is 8.26. The molecule has 0 aliphatic heterocycles. The summed E-state index contributed by atoms with van der Waals surface area (Å²) in [4.78, 5) is 11.5. The molecule has 2 N–H and O–H groups in total. The van der Waals surface area contributed by atoms with Gasteiger partial charge in [0.05, 0.1) is 12.6 Å². The molecule has 1 atom stereocenters. The Hall–Kier alpha value is -1.00. The lowest BCUT2D eigenvalue weighted by Crippen LogP contribution is -2.39. The number of thioether (sulfide) groups is 1. The van der Waals surface area contributed by atoms with Gasteiger partial charge in [-0.1, -0.05) is 30.3 Å². The number of aliphatic hydroxyl groups excluding tert-OH is 1. The van der Waals surface area contributed by atoms with Gasteiger partial charge in [-0.3, -0.25) is 4.79 Å². The number of hydrogen-bond donors (Lipinski definition) is 2. The largest absolute Gasteiger partial charge is 0.394 e. The molecule has 0 saturated heterocycles. The molecule has 0 spiro atoms. The molecule has 94 valence electrons. The van der Waals surface area contributed by atoms with Crippen LogP contribution in [0.3, 0.4) is 0 Å². The summed E-state index contributed by atoms with van der Waals surface area (Å²) in [7, 11) is 0. The van der Waals surface area contributed by atoms with Crippen LogP contribution in [0.25, 0.3) is 0 Å². The molecule has 3 nitrogen and oxygen atoms in total. The van der Waals surface area contributed by atoms with Crippen molar-refractivity contribution in [2.75, 3.05) is 18.6 Å². The van der Waals surface area contributed by atoms with Crippen molar-refractivity contribution in [2.45, 2.75) is 18.9 Å². The smallest absolute Gasteiger partial charge is 0.221 e. The minimum absolute atomic E-state index is 0.00864. The van der Waals surface area contributed by atoms with Gasteiger partial charge in [0.1, 0.15) is 0 Å². The Morgan fingerprint density at radius 2 is 2.12 bits per heavy atom. The number of carbonyl (C=O) groups excluding carboxylic acids is 1. The van der Waals surface area contributed by atoms with Crippen molar-refractivity contribution in [3.05, 3.63) is 35.9 Å². The normalized spacial score (nSPS) is 12.1. The fraction of sp³-hybridized carbons (Fsp3) is 0.462. The molecule has 0 saturated carbocycles. The van der Waals surface area contributed by atoms with Crippen LogP contribution in [0.2, 0.25) is 0 Å². The summed E-state index contributed by atoms with van der Waals surface area (Å²) in [5.74, 6) is 0.823. The first-order valence-corrected chi connectivity index (χ1v) is 7.08. The van der Waals surface area contributed by atoms with Crippen LogP contribution < -0.4 is 5.32 Å². The van der Waals surface area contributed by atoms with Crippen molar-refractivity contribution in [2.24, 2.45) is 0 Å². The average Bonchev–Trinajstić information content (AvgIpc) is 2.36. The van der Waals surface area contributed by atoms with Crippen molar-refractivity contribution in [3.8, 4) is 0 Å². The highest BCUT2D eigenvalue weighted by molar-refractivity contribution is 7.98. The van der Waals surface area contributed by atoms with Crippen LogP contribution >= 0.6 is 11.8 Å². The number of benzene rings is 1. The Kier molecular flexibility index (Phi) is 6.74. The Balaban J connectivity index is 2.41. The molecule has 0 aliphatic rings. The summed E-state index contributed by atoms with van der Waals surface area (Å²) in [6.07, 6.45) is 3.15.